The molecule has 0 radical (unpaired) electrons. The van der Waals surface area contributed by atoms with E-state index in [-0.39, 0.29) is 12.0 Å². The summed E-state index contributed by atoms with van der Waals surface area (Å²) < 4.78 is 76.4. The van der Waals surface area contributed by atoms with Gasteiger partial charge >= 0.3 is 0 Å². The van der Waals surface area contributed by atoms with Crippen molar-refractivity contribution in [3.63, 3.8) is 0 Å². The van der Waals surface area contributed by atoms with E-state index in [1.165, 1.54) is 6.07 Å². The first kappa shape index (κ1) is 26.6. The molecule has 182 valence electrons. The molecule has 1 fully saturated rings. The second kappa shape index (κ2) is 11.5. The molecule has 0 aliphatic carbocycles. The molecule has 0 aromatic heterocycles. The van der Waals surface area contributed by atoms with E-state index in [0.29, 0.717) is 5.84 Å². The average molecular weight is 490 g/mol. The van der Waals surface area contributed by atoms with Crippen molar-refractivity contribution < 1.29 is 30.8 Å². The number of nitrogens with zero attached hydrogens (tertiary/aromatic N) is 2. The Morgan fingerprint density at radius 2 is 1.42 bits per heavy atom. The third kappa shape index (κ3) is 6.91. The molecule has 0 saturated carbocycles. The number of amidine groups is 1. The Morgan fingerprint density at radius 3 is 1.97 bits per heavy atom. The molecule has 2 aromatic carbocycles. The summed E-state index contributed by atoms with van der Waals surface area (Å²) in [6, 6.07) is 4.98. The summed E-state index contributed by atoms with van der Waals surface area (Å²) in [6.45, 7) is 5.66. The highest BCUT2D eigenvalue weighted by Gasteiger charge is 2.34. The number of nitrogens with two attached hydrogens (primary N) is 1. The lowest BCUT2D eigenvalue weighted by atomic mass is 9.93. The number of hydrogen-bond acceptors (Lipinski definition) is 5. The van der Waals surface area contributed by atoms with Crippen molar-refractivity contribution in [1.82, 2.24) is 4.90 Å². The maximum Gasteiger partial charge on any atom is 0.206 e. The predicted octanol–water partition coefficient (Wildman–Crippen LogP) is 4.71. The number of hydrogen-bond donors (Lipinski definition) is 1. The van der Waals surface area contributed by atoms with Crippen molar-refractivity contribution in [3.8, 4) is 11.1 Å². The second-order valence-electron chi connectivity index (χ2n) is 7.24. The summed E-state index contributed by atoms with van der Waals surface area (Å²) in [5, 5.41) is 8.32. The van der Waals surface area contributed by atoms with Gasteiger partial charge in [-0.1, -0.05) is 25.1 Å². The van der Waals surface area contributed by atoms with Crippen LogP contribution in [0.15, 0.2) is 35.5 Å². The Kier molecular flexibility index (Phi) is 9.24. The minimum absolute atomic E-state index is 0.216. The van der Waals surface area contributed by atoms with Crippen LogP contribution in [0, 0.1) is 23.3 Å². The Labute approximate surface area is 191 Å². The van der Waals surface area contributed by atoms with Crippen molar-refractivity contribution in [2.24, 2.45) is 10.3 Å². The summed E-state index contributed by atoms with van der Waals surface area (Å²) in [5.74, 6) is -2.98. The zero-order chi connectivity index (χ0) is 24.8. The molecular weight excluding hydrogens is 462 g/mol. The molecule has 1 unspecified atom stereocenters. The van der Waals surface area contributed by atoms with Crippen molar-refractivity contribution in [1.29, 1.82) is 0 Å². The summed E-state index contributed by atoms with van der Waals surface area (Å²) in [4.78, 5) is 7.36. The monoisotopic (exact) mass is 489 g/mol. The van der Waals surface area contributed by atoms with Crippen LogP contribution in [-0.2, 0) is 14.9 Å². The van der Waals surface area contributed by atoms with E-state index in [0.717, 1.165) is 56.5 Å². The number of benzene rings is 2. The van der Waals surface area contributed by atoms with E-state index in [4.69, 9.17) is 4.84 Å². The third-order valence-electron chi connectivity index (χ3n) is 4.80. The van der Waals surface area contributed by atoms with Crippen molar-refractivity contribution in [3.05, 3.63) is 59.2 Å². The van der Waals surface area contributed by atoms with E-state index in [9.17, 15) is 26.0 Å². The summed E-state index contributed by atoms with van der Waals surface area (Å²) in [7, 11) is -3.17. The first-order valence-electron chi connectivity index (χ1n) is 10.4. The fourth-order valence-corrected chi connectivity index (χ4v) is 3.55. The Hall–Kier alpha value is -2.66. The molecule has 2 aromatic rings. The van der Waals surface area contributed by atoms with E-state index >= 15 is 0 Å². The summed E-state index contributed by atoms with van der Waals surface area (Å²) in [5.41, 5.74) is -1.27. The van der Waals surface area contributed by atoms with Gasteiger partial charge in [-0.2, -0.15) is 0 Å². The number of primary sulfonamides is 1. The number of likely N-dealkylation sites (tertiary alicyclic amines) is 1. The lowest BCUT2D eigenvalue weighted by molar-refractivity contribution is 0.0830. The molecule has 11 heteroatoms. The first-order valence-corrected chi connectivity index (χ1v) is 12.4. The van der Waals surface area contributed by atoms with Crippen LogP contribution < -0.4 is 5.14 Å². The lowest BCUT2D eigenvalue weighted by Crippen LogP contribution is -2.26. The third-order valence-corrected chi connectivity index (χ3v) is 4.80. The number of oxime groups is 1. The van der Waals surface area contributed by atoms with Crippen LogP contribution in [0.1, 0.15) is 44.8 Å². The molecule has 2 heterocycles. The van der Waals surface area contributed by atoms with Gasteiger partial charge in [0.1, 0.15) is 29.1 Å². The van der Waals surface area contributed by atoms with Crippen LogP contribution in [0.2, 0.25) is 0 Å². The molecule has 1 atom stereocenters. The van der Waals surface area contributed by atoms with Crippen LogP contribution in [0.5, 0.6) is 0 Å². The number of rotatable bonds is 2. The summed E-state index contributed by atoms with van der Waals surface area (Å²) in [6.07, 6.45) is 2.29. The van der Waals surface area contributed by atoms with Crippen molar-refractivity contribution in [2.75, 3.05) is 19.3 Å². The zero-order valence-corrected chi connectivity index (χ0v) is 19.4. The fourth-order valence-electron chi connectivity index (χ4n) is 3.55. The lowest BCUT2D eigenvalue weighted by Gasteiger charge is -2.18. The maximum atomic E-state index is 14.6. The largest absolute Gasteiger partial charge is 0.386 e. The molecule has 0 spiro atoms. The van der Waals surface area contributed by atoms with E-state index < -0.39 is 50.5 Å². The SMILES string of the molecule is CC.CS(N)(=O)=O.Fc1cccc(F)c1-c1c(F)ccc(F)c1C1CC(N2CCCC2)=NO1. The minimum atomic E-state index is -3.17. The Morgan fingerprint density at radius 1 is 0.939 bits per heavy atom. The maximum absolute atomic E-state index is 14.6. The first-order chi connectivity index (χ1) is 15.6. The van der Waals surface area contributed by atoms with Gasteiger partial charge in [-0.05, 0) is 37.1 Å². The number of halogens is 4. The van der Waals surface area contributed by atoms with Gasteiger partial charge < -0.3 is 9.74 Å². The van der Waals surface area contributed by atoms with Gasteiger partial charge in [0.25, 0.3) is 0 Å². The van der Waals surface area contributed by atoms with Gasteiger partial charge in [-0.15, -0.1) is 0 Å². The van der Waals surface area contributed by atoms with Crippen LogP contribution in [0.4, 0.5) is 17.6 Å². The van der Waals surface area contributed by atoms with E-state index in [1.54, 1.807) is 0 Å². The quantitative estimate of drug-likeness (QED) is 0.619. The molecule has 4 rings (SSSR count). The molecule has 6 nitrogen and oxygen atoms in total. The highest BCUT2D eigenvalue weighted by Crippen LogP contribution is 2.40. The van der Waals surface area contributed by atoms with Crippen LogP contribution in [-0.4, -0.2) is 38.5 Å². The molecular formula is C22H27F4N3O3S. The summed E-state index contributed by atoms with van der Waals surface area (Å²) >= 11 is 0. The Bertz CT molecular complexity index is 1080. The van der Waals surface area contributed by atoms with Gasteiger partial charge in [0.05, 0.1) is 18.2 Å². The normalized spacial score (nSPS) is 17.4. The van der Waals surface area contributed by atoms with E-state index in [2.05, 4.69) is 10.3 Å². The van der Waals surface area contributed by atoms with Gasteiger partial charge in [-0.25, -0.2) is 31.1 Å². The number of sulfonamides is 1. The zero-order valence-electron chi connectivity index (χ0n) is 18.6. The molecule has 0 amide bonds. The molecule has 1 saturated heterocycles. The van der Waals surface area contributed by atoms with Crippen LogP contribution in [0.25, 0.3) is 11.1 Å². The van der Waals surface area contributed by atoms with Gasteiger partial charge in [0, 0.05) is 24.2 Å². The van der Waals surface area contributed by atoms with Crippen LogP contribution in [0.3, 0.4) is 0 Å². The van der Waals surface area contributed by atoms with Gasteiger partial charge in [0.2, 0.25) is 10.0 Å². The highest BCUT2D eigenvalue weighted by atomic mass is 32.2. The highest BCUT2D eigenvalue weighted by molar-refractivity contribution is 7.88. The molecule has 0 bridgehead atoms. The van der Waals surface area contributed by atoms with Gasteiger partial charge in [0.15, 0.2) is 6.10 Å². The van der Waals surface area contributed by atoms with E-state index in [1.807, 2.05) is 18.7 Å². The second-order valence-corrected chi connectivity index (χ2v) is 8.90. The topological polar surface area (TPSA) is 85.0 Å². The smallest absolute Gasteiger partial charge is 0.206 e. The fraction of sp³-hybridized carbons (Fsp3) is 0.409. The molecule has 2 N–H and O–H groups in total. The standard InChI is InChI=1S/C19H16F4N2O.C2H6.CH5NO2S/c20-11-4-3-5-12(21)17(11)19-14(23)7-6-13(22)18(19)15-10-16(24-26-15)25-8-1-2-9-25;1-2;1-5(2,3)4/h3-7,15H,1-2,8-10H2;1-2H3;1H3,(H2,2,3,4). The Balaban J connectivity index is 0.000000489. The van der Waals surface area contributed by atoms with Crippen molar-refractivity contribution in [2.45, 2.75) is 39.2 Å². The molecule has 2 aliphatic heterocycles. The minimum Gasteiger partial charge on any atom is -0.386 e. The van der Waals surface area contributed by atoms with Gasteiger partial charge in [-0.3, -0.25) is 0 Å². The van der Waals surface area contributed by atoms with Crippen LogP contribution >= 0.6 is 0 Å². The predicted molar refractivity (Wildman–Crippen MR) is 119 cm³/mol. The molecule has 2 aliphatic rings. The molecule has 33 heavy (non-hydrogen) atoms. The average Bonchev–Trinajstić information content (AvgIpc) is 3.42. The van der Waals surface area contributed by atoms with Crippen molar-refractivity contribution >= 4 is 15.9 Å².